The van der Waals surface area contributed by atoms with E-state index in [4.69, 9.17) is 0 Å². The van der Waals surface area contributed by atoms with Gasteiger partial charge in [0.2, 0.25) is 0 Å². The number of nitrogens with one attached hydrogen (secondary N) is 1. The highest BCUT2D eigenvalue weighted by molar-refractivity contribution is 5.27. The van der Waals surface area contributed by atoms with E-state index in [-0.39, 0.29) is 6.10 Å². The quantitative estimate of drug-likeness (QED) is 0.813. The maximum atomic E-state index is 10.1. The van der Waals surface area contributed by atoms with Crippen LogP contribution < -0.4 is 5.32 Å². The third-order valence-electron chi connectivity index (χ3n) is 4.12. The fourth-order valence-electron chi connectivity index (χ4n) is 2.87. The number of rotatable bonds is 6. The molecule has 0 aromatic carbocycles. The van der Waals surface area contributed by atoms with Crippen molar-refractivity contribution in [2.45, 2.75) is 51.7 Å². The van der Waals surface area contributed by atoms with Crippen molar-refractivity contribution in [1.82, 2.24) is 10.3 Å². The van der Waals surface area contributed by atoms with Crippen LogP contribution in [0.1, 0.15) is 50.4 Å². The molecule has 0 amide bonds. The van der Waals surface area contributed by atoms with Crippen LogP contribution in [0.2, 0.25) is 0 Å². The highest BCUT2D eigenvalue weighted by Crippen LogP contribution is 2.28. The first kappa shape index (κ1) is 13.5. The number of hydrogen-bond donors (Lipinski definition) is 2. The van der Waals surface area contributed by atoms with Gasteiger partial charge in [-0.1, -0.05) is 32.8 Å². The first-order valence-corrected chi connectivity index (χ1v) is 7.11. The van der Waals surface area contributed by atoms with Gasteiger partial charge in [0.1, 0.15) is 0 Å². The summed E-state index contributed by atoms with van der Waals surface area (Å²) in [5.41, 5.74) is 2.53. The Labute approximate surface area is 110 Å². The van der Waals surface area contributed by atoms with E-state index in [0.29, 0.717) is 18.5 Å². The Kier molecular flexibility index (Phi) is 4.72. The second-order valence-electron chi connectivity index (χ2n) is 5.19. The van der Waals surface area contributed by atoms with Crippen LogP contribution in [0.4, 0.5) is 0 Å². The monoisotopic (exact) mass is 248 g/mol. The molecule has 2 rings (SSSR count). The van der Waals surface area contributed by atoms with Crippen molar-refractivity contribution in [3.63, 3.8) is 0 Å². The van der Waals surface area contributed by atoms with E-state index in [0.717, 1.165) is 25.7 Å². The second kappa shape index (κ2) is 6.30. The van der Waals surface area contributed by atoms with Gasteiger partial charge in [-0.05, 0) is 30.4 Å². The lowest BCUT2D eigenvalue weighted by atomic mass is 9.96. The molecule has 3 heteroatoms. The molecule has 2 unspecified atom stereocenters. The SMILES string of the molecule is CCC(CC)C(O)CNC1CCc2cccnc21. The minimum absolute atomic E-state index is 0.243. The Morgan fingerprint density at radius 1 is 1.44 bits per heavy atom. The van der Waals surface area contributed by atoms with Gasteiger partial charge in [-0.2, -0.15) is 0 Å². The molecule has 3 nitrogen and oxygen atoms in total. The predicted octanol–water partition coefficient (Wildman–Crippen LogP) is 2.46. The number of nitrogens with zero attached hydrogens (tertiary/aromatic N) is 1. The van der Waals surface area contributed by atoms with Crippen molar-refractivity contribution in [3.8, 4) is 0 Å². The van der Waals surface area contributed by atoms with Gasteiger partial charge in [-0.25, -0.2) is 0 Å². The average molecular weight is 248 g/mol. The molecule has 0 fully saturated rings. The molecule has 2 atom stereocenters. The molecule has 0 saturated heterocycles. The number of pyridine rings is 1. The first-order chi connectivity index (χ1) is 8.76. The summed E-state index contributed by atoms with van der Waals surface area (Å²) in [5, 5.41) is 13.6. The van der Waals surface area contributed by atoms with Crippen LogP contribution >= 0.6 is 0 Å². The van der Waals surface area contributed by atoms with Crippen LogP contribution in [0, 0.1) is 5.92 Å². The van der Waals surface area contributed by atoms with E-state index in [9.17, 15) is 5.11 Å². The van der Waals surface area contributed by atoms with Gasteiger partial charge in [0.05, 0.1) is 17.8 Å². The third-order valence-corrected chi connectivity index (χ3v) is 4.12. The van der Waals surface area contributed by atoms with Gasteiger partial charge in [-0.3, -0.25) is 4.98 Å². The molecular weight excluding hydrogens is 224 g/mol. The van der Waals surface area contributed by atoms with Crippen molar-refractivity contribution >= 4 is 0 Å². The minimum Gasteiger partial charge on any atom is -0.392 e. The largest absolute Gasteiger partial charge is 0.392 e. The van der Waals surface area contributed by atoms with Gasteiger partial charge in [0.25, 0.3) is 0 Å². The van der Waals surface area contributed by atoms with Crippen LogP contribution in [0.3, 0.4) is 0 Å². The summed E-state index contributed by atoms with van der Waals surface area (Å²) in [5.74, 6) is 0.405. The minimum atomic E-state index is -0.243. The zero-order valence-electron chi connectivity index (χ0n) is 11.4. The van der Waals surface area contributed by atoms with Crippen LogP contribution in [0.15, 0.2) is 18.3 Å². The van der Waals surface area contributed by atoms with Crippen molar-refractivity contribution < 1.29 is 5.11 Å². The maximum Gasteiger partial charge on any atom is 0.0692 e. The lowest BCUT2D eigenvalue weighted by molar-refractivity contribution is 0.0981. The Bertz CT molecular complexity index is 377. The molecule has 100 valence electrons. The molecule has 2 N–H and O–H groups in total. The second-order valence-corrected chi connectivity index (χ2v) is 5.19. The fourth-order valence-corrected chi connectivity index (χ4v) is 2.87. The van der Waals surface area contributed by atoms with Crippen LogP contribution in [-0.2, 0) is 6.42 Å². The number of aryl methyl sites for hydroxylation is 1. The molecule has 0 bridgehead atoms. The van der Waals surface area contributed by atoms with Crippen LogP contribution in [-0.4, -0.2) is 22.7 Å². The van der Waals surface area contributed by atoms with Crippen molar-refractivity contribution in [2.75, 3.05) is 6.54 Å². The summed E-state index contributed by atoms with van der Waals surface area (Å²) in [6.45, 7) is 4.96. The van der Waals surface area contributed by atoms with E-state index < -0.39 is 0 Å². The van der Waals surface area contributed by atoms with Crippen molar-refractivity contribution in [2.24, 2.45) is 5.92 Å². The van der Waals surface area contributed by atoms with Crippen molar-refractivity contribution in [1.29, 1.82) is 0 Å². The Morgan fingerprint density at radius 3 is 2.94 bits per heavy atom. The van der Waals surface area contributed by atoms with Crippen LogP contribution in [0.25, 0.3) is 0 Å². The van der Waals surface area contributed by atoms with E-state index in [1.807, 2.05) is 12.3 Å². The lowest BCUT2D eigenvalue weighted by Crippen LogP contribution is -2.34. The van der Waals surface area contributed by atoms with Gasteiger partial charge in [0.15, 0.2) is 0 Å². The molecule has 18 heavy (non-hydrogen) atoms. The molecule has 0 aliphatic heterocycles. The summed E-state index contributed by atoms with van der Waals surface area (Å²) in [7, 11) is 0. The number of aromatic nitrogens is 1. The van der Waals surface area contributed by atoms with Crippen molar-refractivity contribution in [3.05, 3.63) is 29.6 Å². The van der Waals surface area contributed by atoms with Gasteiger partial charge < -0.3 is 10.4 Å². The highest BCUT2D eigenvalue weighted by Gasteiger charge is 2.24. The molecule has 0 saturated carbocycles. The number of hydrogen-bond acceptors (Lipinski definition) is 3. The Hall–Kier alpha value is -0.930. The topological polar surface area (TPSA) is 45.1 Å². The molecule has 1 aliphatic carbocycles. The molecule has 0 radical (unpaired) electrons. The van der Waals surface area contributed by atoms with Gasteiger partial charge in [0, 0.05) is 12.7 Å². The smallest absolute Gasteiger partial charge is 0.0692 e. The highest BCUT2D eigenvalue weighted by atomic mass is 16.3. The molecular formula is C15H24N2O. The summed E-state index contributed by atoms with van der Waals surface area (Å²) in [6.07, 6.45) is 5.89. The summed E-state index contributed by atoms with van der Waals surface area (Å²) in [6, 6.07) is 4.48. The van der Waals surface area contributed by atoms with E-state index in [2.05, 4.69) is 30.2 Å². The molecule has 1 aliphatic rings. The predicted molar refractivity (Wildman–Crippen MR) is 73.4 cm³/mol. The zero-order chi connectivity index (χ0) is 13.0. The third kappa shape index (κ3) is 2.90. The molecule has 1 aromatic heterocycles. The summed E-state index contributed by atoms with van der Waals surface area (Å²) < 4.78 is 0. The van der Waals surface area contributed by atoms with Gasteiger partial charge >= 0.3 is 0 Å². The number of fused-ring (bicyclic) bond motifs is 1. The normalized spacial score (nSPS) is 20.1. The average Bonchev–Trinajstić information content (AvgIpc) is 2.81. The lowest BCUT2D eigenvalue weighted by Gasteiger charge is -2.22. The Balaban J connectivity index is 1.89. The van der Waals surface area contributed by atoms with Crippen LogP contribution in [0.5, 0.6) is 0 Å². The maximum absolute atomic E-state index is 10.1. The van der Waals surface area contributed by atoms with E-state index in [1.165, 1.54) is 11.3 Å². The first-order valence-electron chi connectivity index (χ1n) is 7.11. The summed E-state index contributed by atoms with van der Waals surface area (Å²) in [4.78, 5) is 4.46. The van der Waals surface area contributed by atoms with Gasteiger partial charge in [-0.15, -0.1) is 0 Å². The van der Waals surface area contributed by atoms with E-state index in [1.54, 1.807) is 0 Å². The Morgan fingerprint density at radius 2 is 2.22 bits per heavy atom. The molecule has 1 heterocycles. The van der Waals surface area contributed by atoms with E-state index >= 15 is 0 Å². The summed E-state index contributed by atoms with van der Waals surface area (Å²) >= 11 is 0. The fraction of sp³-hybridized carbons (Fsp3) is 0.667. The zero-order valence-corrected chi connectivity index (χ0v) is 11.4. The standard InChI is InChI=1S/C15H24N2O/c1-3-11(4-2)14(18)10-17-13-8-7-12-6-5-9-16-15(12)13/h5-6,9,11,13-14,17-18H,3-4,7-8,10H2,1-2H3. The number of aliphatic hydroxyl groups is 1. The molecule has 1 aromatic rings. The molecule has 0 spiro atoms. The number of aliphatic hydroxyl groups excluding tert-OH is 1.